The first-order valence-corrected chi connectivity index (χ1v) is 7.72. The highest BCUT2D eigenvalue weighted by molar-refractivity contribution is 5.91. The number of rotatable bonds is 2. The molecule has 1 saturated heterocycles. The lowest BCUT2D eigenvalue weighted by atomic mass is 10.0. The van der Waals surface area contributed by atoms with Crippen LogP contribution in [0.4, 0.5) is 8.78 Å². The molecule has 5 rings (SSSR count). The molecule has 3 unspecified atom stereocenters. The van der Waals surface area contributed by atoms with Crippen molar-refractivity contribution in [2.45, 2.75) is 24.3 Å². The van der Waals surface area contributed by atoms with Crippen molar-refractivity contribution in [3.05, 3.63) is 47.5 Å². The number of halogens is 2. The molecule has 23 heavy (non-hydrogen) atoms. The molecule has 1 aliphatic carbocycles. The zero-order chi connectivity index (χ0) is 15.8. The second kappa shape index (κ2) is 4.15. The zero-order valence-corrected chi connectivity index (χ0v) is 12.2. The second-order valence-electron chi connectivity index (χ2n) is 6.62. The molecule has 1 aromatic carbocycles. The van der Waals surface area contributed by atoms with Gasteiger partial charge in [-0.25, -0.2) is 18.4 Å². The average molecular weight is 316 g/mol. The van der Waals surface area contributed by atoms with Crippen LogP contribution in [0.1, 0.15) is 40.4 Å². The minimum atomic E-state index is -2.77. The molecule has 0 spiro atoms. The molecule has 0 radical (unpaired) electrons. The Balaban J connectivity index is 1.46. The summed E-state index contributed by atoms with van der Waals surface area (Å²) in [5, 5.41) is 4.35. The van der Waals surface area contributed by atoms with Crippen LogP contribution in [0.15, 0.2) is 30.3 Å². The fourth-order valence-electron chi connectivity index (χ4n) is 3.76. The Morgan fingerprint density at radius 2 is 1.96 bits per heavy atom. The van der Waals surface area contributed by atoms with Crippen molar-refractivity contribution >= 4 is 5.91 Å². The van der Waals surface area contributed by atoms with Gasteiger partial charge in [-0.3, -0.25) is 4.79 Å². The predicted octanol–water partition coefficient (Wildman–Crippen LogP) is 2.08. The number of alkyl halides is 2. The van der Waals surface area contributed by atoms with Gasteiger partial charge >= 0.3 is 0 Å². The van der Waals surface area contributed by atoms with Crippen LogP contribution in [0.5, 0.6) is 0 Å². The van der Waals surface area contributed by atoms with Gasteiger partial charge in [0.15, 0.2) is 0 Å². The summed E-state index contributed by atoms with van der Waals surface area (Å²) in [7, 11) is 0. The number of carbonyl (C=O) groups excluding carboxylic acids is 1. The van der Waals surface area contributed by atoms with Crippen LogP contribution in [0.3, 0.4) is 0 Å². The summed E-state index contributed by atoms with van der Waals surface area (Å²) in [6.07, 6.45) is 1.05. The maximum atomic E-state index is 12.9. The van der Waals surface area contributed by atoms with E-state index in [-0.39, 0.29) is 11.9 Å². The Hall–Kier alpha value is -2.31. The van der Waals surface area contributed by atoms with Crippen LogP contribution in [0, 0.1) is 5.92 Å². The van der Waals surface area contributed by atoms with Gasteiger partial charge in [0.25, 0.3) is 11.8 Å². The molecule has 2 aliphatic heterocycles. The number of likely N-dealkylation sites (tertiary alicyclic amines) is 1. The summed E-state index contributed by atoms with van der Waals surface area (Å²) in [5.41, 5.74) is 1.15. The average Bonchev–Trinajstić information content (AvgIpc) is 3.05. The van der Waals surface area contributed by atoms with Gasteiger partial charge in [-0.1, -0.05) is 30.3 Å². The van der Waals surface area contributed by atoms with E-state index in [0.29, 0.717) is 11.8 Å². The Morgan fingerprint density at radius 1 is 1.22 bits per heavy atom. The number of benzene rings is 1. The minimum Gasteiger partial charge on any atom is -0.324 e. The van der Waals surface area contributed by atoms with Crippen molar-refractivity contribution in [1.29, 1.82) is 0 Å². The smallest absolute Gasteiger partial charge is 0.293 e. The van der Waals surface area contributed by atoms with Crippen molar-refractivity contribution < 1.29 is 13.6 Å². The van der Waals surface area contributed by atoms with Crippen molar-refractivity contribution in [2.75, 3.05) is 13.1 Å². The molecular weight excluding hydrogens is 302 g/mol. The number of amides is 1. The number of fused-ring (bicyclic) bond motifs is 3. The van der Waals surface area contributed by atoms with Crippen LogP contribution in [0.25, 0.3) is 0 Å². The monoisotopic (exact) mass is 316 g/mol. The van der Waals surface area contributed by atoms with E-state index in [9.17, 15) is 13.6 Å². The van der Waals surface area contributed by atoms with Crippen LogP contribution >= 0.6 is 0 Å². The first kappa shape index (κ1) is 13.2. The topological polar surface area (TPSA) is 51.0 Å². The number of nitrogens with zero attached hydrogens (tertiary/aromatic N) is 4. The molecule has 3 aliphatic rings. The van der Waals surface area contributed by atoms with Crippen LogP contribution < -0.4 is 0 Å². The molecule has 0 N–H and O–H groups in total. The van der Waals surface area contributed by atoms with Gasteiger partial charge in [-0.15, -0.1) is 5.10 Å². The Bertz CT molecular complexity index is 796. The lowest BCUT2D eigenvalue weighted by molar-refractivity contribution is -0.113. The summed E-state index contributed by atoms with van der Waals surface area (Å²) in [4.78, 5) is 17.7. The number of hydrogen-bond acceptors (Lipinski definition) is 3. The fraction of sp³-hybridized carbons (Fsp3) is 0.438. The SMILES string of the molecule is O=C(c1nc2n(n1)C(c1ccccc1)C1CC21)N1CC(F)(F)C1. The van der Waals surface area contributed by atoms with Crippen molar-refractivity contribution in [3.63, 3.8) is 0 Å². The zero-order valence-electron chi connectivity index (χ0n) is 12.2. The van der Waals surface area contributed by atoms with E-state index >= 15 is 0 Å². The van der Waals surface area contributed by atoms with E-state index in [1.807, 2.05) is 35.0 Å². The normalized spacial score (nSPS) is 29.7. The van der Waals surface area contributed by atoms with E-state index in [4.69, 9.17) is 0 Å². The molecule has 2 aromatic rings. The van der Waals surface area contributed by atoms with E-state index < -0.39 is 24.9 Å². The van der Waals surface area contributed by atoms with Gasteiger partial charge in [0, 0.05) is 5.92 Å². The molecule has 3 atom stereocenters. The highest BCUT2D eigenvalue weighted by atomic mass is 19.3. The van der Waals surface area contributed by atoms with Gasteiger partial charge in [0.05, 0.1) is 19.1 Å². The van der Waals surface area contributed by atoms with Crippen LogP contribution in [-0.4, -0.2) is 44.6 Å². The van der Waals surface area contributed by atoms with Gasteiger partial charge in [-0.05, 0) is 17.9 Å². The molecule has 3 heterocycles. The highest BCUT2D eigenvalue weighted by Gasteiger charge is 2.56. The van der Waals surface area contributed by atoms with Gasteiger partial charge in [-0.2, -0.15) is 0 Å². The summed E-state index contributed by atoms with van der Waals surface area (Å²) in [6, 6.07) is 10.1. The second-order valence-corrected chi connectivity index (χ2v) is 6.62. The summed E-state index contributed by atoms with van der Waals surface area (Å²) in [5.74, 6) is -1.58. The van der Waals surface area contributed by atoms with E-state index in [1.165, 1.54) is 0 Å². The van der Waals surface area contributed by atoms with Crippen LogP contribution in [-0.2, 0) is 0 Å². The largest absolute Gasteiger partial charge is 0.324 e. The van der Waals surface area contributed by atoms with Gasteiger partial charge in [0.1, 0.15) is 5.82 Å². The summed E-state index contributed by atoms with van der Waals surface area (Å²) in [6.45, 7) is -1.08. The third-order valence-corrected chi connectivity index (χ3v) is 4.96. The van der Waals surface area contributed by atoms with E-state index in [0.717, 1.165) is 22.7 Å². The molecule has 2 fully saturated rings. The molecule has 7 heteroatoms. The number of hydrogen-bond donors (Lipinski definition) is 0. The molecule has 1 amide bonds. The molecule has 1 saturated carbocycles. The minimum absolute atomic E-state index is 0.0433. The predicted molar refractivity (Wildman–Crippen MR) is 76.3 cm³/mol. The van der Waals surface area contributed by atoms with E-state index in [1.54, 1.807) is 0 Å². The molecule has 118 valence electrons. The molecule has 0 bridgehead atoms. The maximum Gasteiger partial charge on any atom is 0.293 e. The Labute approximate surface area is 130 Å². The summed E-state index contributed by atoms with van der Waals surface area (Å²) < 4.78 is 27.7. The summed E-state index contributed by atoms with van der Waals surface area (Å²) >= 11 is 0. The lowest BCUT2D eigenvalue weighted by Crippen LogP contribution is -2.58. The first-order valence-electron chi connectivity index (χ1n) is 7.72. The lowest BCUT2D eigenvalue weighted by Gasteiger charge is -2.37. The van der Waals surface area contributed by atoms with Crippen LogP contribution in [0.2, 0.25) is 0 Å². The first-order chi connectivity index (χ1) is 11.0. The van der Waals surface area contributed by atoms with E-state index in [2.05, 4.69) is 10.1 Å². The Morgan fingerprint density at radius 3 is 2.65 bits per heavy atom. The third kappa shape index (κ3) is 1.85. The van der Waals surface area contributed by atoms with Crippen molar-refractivity contribution in [2.24, 2.45) is 5.92 Å². The molecule has 5 nitrogen and oxygen atoms in total. The van der Waals surface area contributed by atoms with Crippen molar-refractivity contribution in [3.8, 4) is 0 Å². The molecule has 1 aromatic heterocycles. The highest BCUT2D eigenvalue weighted by Crippen LogP contribution is 2.60. The number of aromatic nitrogens is 3. The third-order valence-electron chi connectivity index (χ3n) is 4.96. The standard InChI is InChI=1S/C16H14F2N4O/c17-16(18)7-21(8-16)15(23)13-19-14-11-6-10(11)12(22(14)20-13)9-4-2-1-3-5-9/h1-5,10-12H,6-8H2. The quantitative estimate of drug-likeness (QED) is 0.852. The van der Waals surface area contributed by atoms with Gasteiger partial charge < -0.3 is 4.90 Å². The molecular formula is C16H14F2N4O. The number of carbonyl (C=O) groups is 1. The maximum absolute atomic E-state index is 12.9. The Kier molecular flexibility index (Phi) is 2.38. The van der Waals surface area contributed by atoms with Crippen molar-refractivity contribution in [1.82, 2.24) is 19.7 Å². The fourth-order valence-corrected chi connectivity index (χ4v) is 3.76. The van der Waals surface area contributed by atoms with Gasteiger partial charge in [0.2, 0.25) is 5.82 Å².